The van der Waals surface area contributed by atoms with E-state index in [1.54, 1.807) is 0 Å². The Bertz CT molecular complexity index is 235. The van der Waals surface area contributed by atoms with Gasteiger partial charge < -0.3 is 0 Å². The van der Waals surface area contributed by atoms with E-state index in [9.17, 15) is 9.59 Å². The van der Waals surface area contributed by atoms with E-state index >= 15 is 0 Å². The number of carbonyl (C=O) groups is 2. The van der Waals surface area contributed by atoms with Gasteiger partial charge in [0.05, 0.1) is 0 Å². The SMILES string of the molecule is CCSCCCN1C(=O)C(C)C(C)C1=O. The summed E-state index contributed by atoms with van der Waals surface area (Å²) in [4.78, 5) is 24.8. The molecule has 0 aliphatic carbocycles. The maximum atomic E-state index is 11.7. The zero-order chi connectivity index (χ0) is 11.4. The second-order valence-electron chi connectivity index (χ2n) is 3.96. The van der Waals surface area contributed by atoms with E-state index in [4.69, 9.17) is 0 Å². The molecule has 1 rings (SSSR count). The third-order valence-electron chi connectivity index (χ3n) is 2.94. The number of rotatable bonds is 5. The zero-order valence-electron chi connectivity index (χ0n) is 9.66. The molecule has 4 heteroatoms. The van der Waals surface area contributed by atoms with Gasteiger partial charge >= 0.3 is 0 Å². The molecule has 0 spiro atoms. The average Bonchev–Trinajstić information content (AvgIpc) is 2.41. The van der Waals surface area contributed by atoms with Gasteiger partial charge in [-0.05, 0) is 17.9 Å². The summed E-state index contributed by atoms with van der Waals surface area (Å²) >= 11 is 1.85. The molecule has 0 radical (unpaired) electrons. The van der Waals surface area contributed by atoms with Crippen LogP contribution in [0.15, 0.2) is 0 Å². The lowest BCUT2D eigenvalue weighted by Gasteiger charge is -2.13. The van der Waals surface area contributed by atoms with Crippen molar-refractivity contribution in [2.45, 2.75) is 27.2 Å². The quantitative estimate of drug-likeness (QED) is 0.532. The number of imide groups is 1. The Morgan fingerprint density at radius 3 is 2.20 bits per heavy atom. The molecule has 3 nitrogen and oxygen atoms in total. The molecule has 0 N–H and O–H groups in total. The highest BCUT2D eigenvalue weighted by Gasteiger charge is 2.41. The number of hydrogen-bond acceptors (Lipinski definition) is 3. The van der Waals surface area contributed by atoms with Gasteiger partial charge in [-0.3, -0.25) is 14.5 Å². The second kappa shape index (κ2) is 5.54. The summed E-state index contributed by atoms with van der Waals surface area (Å²) in [6.07, 6.45) is 0.912. The average molecular weight is 229 g/mol. The van der Waals surface area contributed by atoms with Crippen LogP contribution in [0.4, 0.5) is 0 Å². The highest BCUT2D eigenvalue weighted by Crippen LogP contribution is 2.25. The minimum atomic E-state index is -0.128. The lowest BCUT2D eigenvalue weighted by molar-refractivity contribution is -0.139. The van der Waals surface area contributed by atoms with Crippen LogP contribution in [0.1, 0.15) is 27.2 Å². The van der Waals surface area contributed by atoms with Crippen LogP contribution in [-0.2, 0) is 9.59 Å². The molecule has 86 valence electrons. The number of thioether (sulfide) groups is 1. The second-order valence-corrected chi connectivity index (χ2v) is 5.35. The number of amides is 2. The van der Waals surface area contributed by atoms with E-state index in [1.165, 1.54) is 4.90 Å². The summed E-state index contributed by atoms with van der Waals surface area (Å²) in [6.45, 7) is 6.39. The van der Waals surface area contributed by atoms with Crippen LogP contribution in [0.25, 0.3) is 0 Å². The van der Waals surface area contributed by atoms with Crippen molar-refractivity contribution in [2.75, 3.05) is 18.1 Å². The smallest absolute Gasteiger partial charge is 0.232 e. The Hall–Kier alpha value is -0.510. The van der Waals surface area contributed by atoms with Gasteiger partial charge in [-0.1, -0.05) is 20.8 Å². The van der Waals surface area contributed by atoms with Gasteiger partial charge in [0.2, 0.25) is 11.8 Å². The third kappa shape index (κ3) is 2.74. The van der Waals surface area contributed by atoms with Gasteiger partial charge in [0.15, 0.2) is 0 Å². The van der Waals surface area contributed by atoms with E-state index in [0.29, 0.717) is 6.54 Å². The van der Waals surface area contributed by atoms with Crippen molar-refractivity contribution in [1.82, 2.24) is 4.90 Å². The standard InChI is InChI=1S/C11H19NO2S/c1-4-15-7-5-6-12-10(13)8(2)9(3)11(12)14/h8-9H,4-7H2,1-3H3. The van der Waals surface area contributed by atoms with Crippen LogP contribution >= 0.6 is 11.8 Å². The summed E-state index contributed by atoms with van der Waals surface area (Å²) in [5, 5.41) is 0. The zero-order valence-corrected chi connectivity index (χ0v) is 10.5. The summed E-state index contributed by atoms with van der Waals surface area (Å²) in [5.41, 5.74) is 0. The highest BCUT2D eigenvalue weighted by atomic mass is 32.2. The van der Waals surface area contributed by atoms with Crippen LogP contribution in [-0.4, -0.2) is 34.8 Å². The van der Waals surface area contributed by atoms with Crippen molar-refractivity contribution in [3.8, 4) is 0 Å². The van der Waals surface area contributed by atoms with Crippen molar-refractivity contribution < 1.29 is 9.59 Å². The number of carbonyl (C=O) groups excluding carboxylic acids is 2. The molecule has 0 aromatic heterocycles. The van der Waals surface area contributed by atoms with Crippen molar-refractivity contribution in [3.63, 3.8) is 0 Å². The maximum absolute atomic E-state index is 11.7. The number of nitrogens with zero attached hydrogens (tertiary/aromatic N) is 1. The lowest BCUT2D eigenvalue weighted by atomic mass is 10.00. The molecule has 1 aliphatic rings. The van der Waals surface area contributed by atoms with Gasteiger partial charge in [0, 0.05) is 18.4 Å². The Balaban J connectivity index is 2.41. The van der Waals surface area contributed by atoms with Gasteiger partial charge in [-0.2, -0.15) is 11.8 Å². The predicted octanol–water partition coefficient (Wildman–Crippen LogP) is 1.77. The molecule has 1 fully saturated rings. The van der Waals surface area contributed by atoms with E-state index in [2.05, 4.69) is 6.92 Å². The first kappa shape index (κ1) is 12.6. The fraction of sp³-hybridized carbons (Fsp3) is 0.818. The summed E-state index contributed by atoms with van der Waals surface area (Å²) < 4.78 is 0. The minimum absolute atomic E-state index is 0.00833. The van der Waals surface area contributed by atoms with Crippen LogP contribution in [0, 0.1) is 11.8 Å². The molecule has 2 atom stereocenters. The van der Waals surface area contributed by atoms with Crippen LogP contribution in [0.3, 0.4) is 0 Å². The van der Waals surface area contributed by atoms with Crippen LogP contribution in [0.2, 0.25) is 0 Å². The first-order chi connectivity index (χ1) is 7.09. The van der Waals surface area contributed by atoms with Gasteiger partial charge in [0.25, 0.3) is 0 Å². The van der Waals surface area contributed by atoms with Crippen molar-refractivity contribution in [3.05, 3.63) is 0 Å². The Morgan fingerprint density at radius 1 is 1.20 bits per heavy atom. The molecule has 15 heavy (non-hydrogen) atoms. The van der Waals surface area contributed by atoms with Gasteiger partial charge in [-0.15, -0.1) is 0 Å². The van der Waals surface area contributed by atoms with Crippen LogP contribution in [0.5, 0.6) is 0 Å². The van der Waals surface area contributed by atoms with E-state index < -0.39 is 0 Å². The molecule has 0 saturated carbocycles. The first-order valence-corrected chi connectivity index (χ1v) is 6.68. The third-order valence-corrected chi connectivity index (χ3v) is 3.92. The van der Waals surface area contributed by atoms with Crippen molar-refractivity contribution >= 4 is 23.6 Å². The van der Waals surface area contributed by atoms with Crippen molar-refractivity contribution in [1.29, 1.82) is 0 Å². The monoisotopic (exact) mass is 229 g/mol. The Kier molecular flexibility index (Phi) is 4.64. The fourth-order valence-electron chi connectivity index (χ4n) is 1.72. The molecule has 0 aromatic carbocycles. The molecule has 1 saturated heterocycles. The van der Waals surface area contributed by atoms with E-state index in [1.807, 2.05) is 25.6 Å². The summed E-state index contributed by atoms with van der Waals surface area (Å²) in [5.74, 6) is 1.88. The fourth-order valence-corrected chi connectivity index (χ4v) is 2.34. The number of likely N-dealkylation sites (tertiary alicyclic amines) is 1. The molecular weight excluding hydrogens is 210 g/mol. The topological polar surface area (TPSA) is 37.4 Å². The summed E-state index contributed by atoms with van der Waals surface area (Å²) in [7, 11) is 0. The number of hydrogen-bond donors (Lipinski definition) is 0. The first-order valence-electron chi connectivity index (χ1n) is 5.52. The van der Waals surface area contributed by atoms with Crippen LogP contribution < -0.4 is 0 Å². The molecule has 0 aromatic rings. The largest absolute Gasteiger partial charge is 0.282 e. The van der Waals surface area contributed by atoms with Crippen molar-refractivity contribution in [2.24, 2.45) is 11.8 Å². The van der Waals surface area contributed by atoms with E-state index in [0.717, 1.165) is 17.9 Å². The van der Waals surface area contributed by atoms with E-state index in [-0.39, 0.29) is 23.7 Å². The minimum Gasteiger partial charge on any atom is -0.282 e. The molecule has 1 heterocycles. The normalized spacial score (nSPS) is 26.5. The highest BCUT2D eigenvalue weighted by molar-refractivity contribution is 7.99. The molecule has 1 aliphatic heterocycles. The lowest BCUT2D eigenvalue weighted by Crippen LogP contribution is -2.32. The van der Waals surface area contributed by atoms with Gasteiger partial charge in [-0.25, -0.2) is 0 Å². The molecule has 2 amide bonds. The van der Waals surface area contributed by atoms with Gasteiger partial charge in [0.1, 0.15) is 0 Å². The Labute approximate surface area is 95.6 Å². The molecule has 0 bridgehead atoms. The maximum Gasteiger partial charge on any atom is 0.232 e. The molecule has 2 unspecified atom stereocenters. The molecular formula is C11H19NO2S. The Morgan fingerprint density at radius 2 is 1.73 bits per heavy atom. The predicted molar refractivity (Wildman–Crippen MR) is 62.7 cm³/mol. The summed E-state index contributed by atoms with van der Waals surface area (Å²) in [6, 6.07) is 0.